The number of nitrogens with zero attached hydrogens (tertiary/aromatic N) is 1. The van der Waals surface area contributed by atoms with Gasteiger partial charge in [-0.2, -0.15) is 0 Å². The molecule has 0 aromatic carbocycles. The fourth-order valence-electron chi connectivity index (χ4n) is 2.95. The van der Waals surface area contributed by atoms with Crippen LogP contribution < -0.4 is 10.6 Å². The maximum atomic E-state index is 11.8. The largest absolute Gasteiger partial charge is 0.480 e. The van der Waals surface area contributed by atoms with E-state index >= 15 is 0 Å². The van der Waals surface area contributed by atoms with Crippen LogP contribution in [0.5, 0.6) is 0 Å². The van der Waals surface area contributed by atoms with E-state index in [0.717, 1.165) is 24.2 Å². The molecule has 0 aromatic heterocycles. The first-order chi connectivity index (χ1) is 13.4. The molecule has 158 valence electrons. The molecule has 0 aromatic rings. The molecular formula is C18H28IN3O6. The van der Waals surface area contributed by atoms with Gasteiger partial charge in [-0.1, -0.05) is 29.0 Å². The molecule has 0 bridgehead atoms. The Balaban J connectivity index is 2.11. The first-order valence-electron chi connectivity index (χ1n) is 9.54. The third-order valence-electron chi connectivity index (χ3n) is 4.44. The number of carbonyl (C=O) groups excluding carboxylic acids is 4. The zero-order valence-corrected chi connectivity index (χ0v) is 18.0. The highest BCUT2D eigenvalue weighted by molar-refractivity contribution is 14.1. The van der Waals surface area contributed by atoms with Gasteiger partial charge in [0.05, 0.1) is 4.43 Å². The number of hydrogen-bond donors (Lipinski definition) is 3. The molecule has 1 heterocycles. The molecule has 1 rings (SSSR count). The highest BCUT2D eigenvalue weighted by Crippen LogP contribution is 2.19. The van der Waals surface area contributed by atoms with Crippen LogP contribution in [0.2, 0.25) is 0 Å². The molecule has 1 saturated heterocycles. The Bertz CT molecular complexity index is 568. The van der Waals surface area contributed by atoms with Crippen molar-refractivity contribution in [2.24, 2.45) is 0 Å². The monoisotopic (exact) mass is 509 g/mol. The summed E-state index contributed by atoms with van der Waals surface area (Å²) in [5.41, 5.74) is 0. The smallest absolute Gasteiger partial charge is 0.326 e. The predicted molar refractivity (Wildman–Crippen MR) is 110 cm³/mol. The lowest BCUT2D eigenvalue weighted by Crippen LogP contribution is -2.44. The number of nitrogens with one attached hydrogen (secondary N) is 2. The maximum absolute atomic E-state index is 11.8. The average Bonchev–Trinajstić information content (AvgIpc) is 2.98. The summed E-state index contributed by atoms with van der Waals surface area (Å²) in [6.45, 7) is 1.05. The number of carboxylic acid groups (broad SMARTS) is 1. The van der Waals surface area contributed by atoms with Crippen molar-refractivity contribution in [3.05, 3.63) is 0 Å². The Morgan fingerprint density at radius 1 is 0.929 bits per heavy atom. The lowest BCUT2D eigenvalue weighted by atomic mass is 10.1. The number of amides is 4. The van der Waals surface area contributed by atoms with Crippen LogP contribution in [0.1, 0.15) is 57.8 Å². The van der Waals surface area contributed by atoms with Gasteiger partial charge >= 0.3 is 5.97 Å². The van der Waals surface area contributed by atoms with Crippen molar-refractivity contribution in [2.75, 3.05) is 17.5 Å². The number of carboxylic acids is 1. The minimum atomic E-state index is -1.18. The van der Waals surface area contributed by atoms with E-state index in [4.69, 9.17) is 0 Å². The number of carbonyl (C=O) groups is 5. The summed E-state index contributed by atoms with van der Waals surface area (Å²) in [5, 5.41) is 14.8. The normalized spacial score (nSPS) is 14.8. The van der Waals surface area contributed by atoms with E-state index in [1.165, 1.54) is 0 Å². The van der Waals surface area contributed by atoms with Crippen molar-refractivity contribution < 1.29 is 29.1 Å². The Labute approximate surface area is 178 Å². The third-order valence-corrected chi connectivity index (χ3v) is 5.13. The van der Waals surface area contributed by atoms with Crippen LogP contribution in [0.3, 0.4) is 0 Å². The quantitative estimate of drug-likeness (QED) is 0.139. The van der Waals surface area contributed by atoms with Gasteiger partial charge in [0.2, 0.25) is 23.6 Å². The van der Waals surface area contributed by atoms with Gasteiger partial charge in [-0.3, -0.25) is 24.1 Å². The zero-order chi connectivity index (χ0) is 20.9. The van der Waals surface area contributed by atoms with Gasteiger partial charge in [0, 0.05) is 32.4 Å². The van der Waals surface area contributed by atoms with E-state index in [0.29, 0.717) is 36.8 Å². The van der Waals surface area contributed by atoms with E-state index in [-0.39, 0.29) is 31.1 Å². The minimum absolute atomic E-state index is 0.0157. The summed E-state index contributed by atoms with van der Waals surface area (Å²) in [4.78, 5) is 58.4. The summed E-state index contributed by atoms with van der Waals surface area (Å²) < 4.78 is 0.442. The molecule has 0 saturated carbocycles. The van der Waals surface area contributed by atoms with E-state index in [1.807, 2.05) is 22.6 Å². The van der Waals surface area contributed by atoms with Crippen molar-refractivity contribution in [1.29, 1.82) is 0 Å². The Hall–Kier alpha value is -1.72. The Morgan fingerprint density at radius 2 is 1.50 bits per heavy atom. The lowest BCUT2D eigenvalue weighted by molar-refractivity contribution is -0.154. The van der Waals surface area contributed by atoms with Gasteiger partial charge < -0.3 is 15.7 Å². The standard InChI is InChI=1S/C18H28IN3O6/c19-12-15(24)21-10-4-1-2-7-14(23)20-11-5-3-6-13(18(27)28)22-16(25)8-9-17(22)26/h13H,1-12H2,(H,20,23)(H,21,24)(H,27,28). The van der Waals surface area contributed by atoms with Crippen LogP contribution in [0.25, 0.3) is 0 Å². The van der Waals surface area contributed by atoms with Crippen LogP contribution in [0, 0.1) is 0 Å². The highest BCUT2D eigenvalue weighted by atomic mass is 127. The fourth-order valence-corrected chi connectivity index (χ4v) is 3.22. The number of alkyl halides is 1. The van der Waals surface area contributed by atoms with E-state index in [1.54, 1.807) is 0 Å². The summed E-state index contributed by atoms with van der Waals surface area (Å²) in [5.74, 6) is -2.08. The lowest BCUT2D eigenvalue weighted by Gasteiger charge is -2.22. The molecule has 1 aliphatic rings. The summed E-state index contributed by atoms with van der Waals surface area (Å²) in [7, 11) is 0. The van der Waals surface area contributed by atoms with Crippen LogP contribution in [-0.2, 0) is 24.0 Å². The number of unbranched alkanes of at least 4 members (excludes halogenated alkanes) is 3. The zero-order valence-electron chi connectivity index (χ0n) is 15.9. The average molecular weight is 509 g/mol. The minimum Gasteiger partial charge on any atom is -0.480 e. The number of likely N-dealkylation sites (tertiary alicyclic amines) is 1. The van der Waals surface area contributed by atoms with Gasteiger partial charge in [0.15, 0.2) is 0 Å². The van der Waals surface area contributed by atoms with Gasteiger partial charge in [-0.05, 0) is 32.1 Å². The molecule has 4 amide bonds. The van der Waals surface area contributed by atoms with Crippen molar-refractivity contribution in [1.82, 2.24) is 15.5 Å². The molecule has 0 spiro atoms. The molecule has 3 N–H and O–H groups in total. The molecule has 1 unspecified atom stereocenters. The van der Waals surface area contributed by atoms with E-state index in [2.05, 4.69) is 10.6 Å². The molecule has 1 fully saturated rings. The molecule has 1 aliphatic heterocycles. The second-order valence-electron chi connectivity index (χ2n) is 6.65. The van der Waals surface area contributed by atoms with Crippen molar-refractivity contribution in [3.8, 4) is 0 Å². The topological polar surface area (TPSA) is 133 Å². The Morgan fingerprint density at radius 3 is 2.07 bits per heavy atom. The fraction of sp³-hybridized carbons (Fsp3) is 0.722. The summed E-state index contributed by atoms with van der Waals surface area (Å²) >= 11 is 2.00. The van der Waals surface area contributed by atoms with Gasteiger partial charge in [0.25, 0.3) is 0 Å². The van der Waals surface area contributed by atoms with Crippen molar-refractivity contribution >= 4 is 52.2 Å². The first-order valence-corrected chi connectivity index (χ1v) is 11.1. The molecular weight excluding hydrogens is 481 g/mol. The van der Waals surface area contributed by atoms with Gasteiger partial charge in [0.1, 0.15) is 6.04 Å². The molecule has 10 heteroatoms. The van der Waals surface area contributed by atoms with Crippen LogP contribution in [0.15, 0.2) is 0 Å². The first kappa shape index (κ1) is 24.3. The van der Waals surface area contributed by atoms with E-state index in [9.17, 15) is 29.1 Å². The van der Waals surface area contributed by atoms with Crippen molar-refractivity contribution in [3.63, 3.8) is 0 Å². The summed E-state index contributed by atoms with van der Waals surface area (Å²) in [6.07, 6.45) is 4.24. The van der Waals surface area contributed by atoms with Crippen molar-refractivity contribution in [2.45, 2.75) is 63.8 Å². The maximum Gasteiger partial charge on any atom is 0.326 e. The molecule has 9 nitrogen and oxygen atoms in total. The molecule has 28 heavy (non-hydrogen) atoms. The van der Waals surface area contributed by atoms with Gasteiger partial charge in [-0.25, -0.2) is 4.79 Å². The number of aliphatic carboxylic acids is 1. The summed E-state index contributed by atoms with van der Waals surface area (Å²) in [6, 6.07) is -1.12. The van der Waals surface area contributed by atoms with Crippen LogP contribution >= 0.6 is 22.6 Å². The van der Waals surface area contributed by atoms with Crippen LogP contribution in [0.4, 0.5) is 0 Å². The number of hydrogen-bond acceptors (Lipinski definition) is 5. The highest BCUT2D eigenvalue weighted by Gasteiger charge is 2.38. The third kappa shape index (κ3) is 8.98. The Kier molecular flexibility index (Phi) is 11.7. The second kappa shape index (κ2) is 13.5. The molecule has 1 atom stereocenters. The molecule has 0 radical (unpaired) electrons. The van der Waals surface area contributed by atoms with Gasteiger partial charge in [-0.15, -0.1) is 0 Å². The number of halogens is 1. The number of imide groups is 1. The predicted octanol–water partition coefficient (Wildman–Crippen LogP) is 0.987. The second-order valence-corrected chi connectivity index (χ2v) is 7.41. The van der Waals surface area contributed by atoms with E-state index < -0.39 is 23.8 Å². The van der Waals surface area contributed by atoms with Crippen LogP contribution in [-0.4, -0.2) is 63.2 Å². The SMILES string of the molecule is O=C(CI)NCCCCCC(=O)NCCCCC(C(=O)O)N1C(=O)CCC1=O. The number of rotatable bonds is 14. The molecule has 0 aliphatic carbocycles.